The highest BCUT2D eigenvalue weighted by atomic mass is 16.3. The smallest absolute Gasteiger partial charge is 0.238 e. The van der Waals surface area contributed by atoms with E-state index >= 15 is 0 Å². The Morgan fingerprint density at radius 3 is 2.15 bits per heavy atom. The molecule has 0 aromatic heterocycles. The van der Waals surface area contributed by atoms with Crippen LogP contribution < -0.4 is 4.90 Å². The lowest BCUT2D eigenvalue weighted by atomic mass is 9.46. The van der Waals surface area contributed by atoms with Gasteiger partial charge in [-0.3, -0.25) is 24.1 Å². The molecule has 0 spiro atoms. The number of benzene rings is 2. The van der Waals surface area contributed by atoms with Crippen molar-refractivity contribution < 1.29 is 24.3 Å². The normalized spacial score (nSPS) is 32.2. The molecule has 2 aromatic carbocycles. The van der Waals surface area contributed by atoms with Crippen molar-refractivity contribution >= 4 is 29.1 Å². The van der Waals surface area contributed by atoms with Crippen molar-refractivity contribution in [2.45, 2.75) is 53.4 Å². The summed E-state index contributed by atoms with van der Waals surface area (Å²) in [4.78, 5) is 56.8. The van der Waals surface area contributed by atoms with Crippen molar-refractivity contribution in [3.05, 3.63) is 82.0 Å². The molecule has 6 rings (SSSR count). The molecule has 2 fully saturated rings. The van der Waals surface area contributed by atoms with Crippen LogP contribution in [-0.4, -0.2) is 28.5 Å². The van der Waals surface area contributed by atoms with E-state index in [1.54, 1.807) is 26.0 Å². The molecule has 0 radical (unpaired) electrons. The lowest BCUT2D eigenvalue weighted by molar-refractivity contribution is -0.142. The molecular weight excluding hydrogens is 490 g/mol. The van der Waals surface area contributed by atoms with E-state index < -0.39 is 29.1 Å². The molecule has 6 heteroatoms. The van der Waals surface area contributed by atoms with Crippen LogP contribution >= 0.6 is 0 Å². The van der Waals surface area contributed by atoms with Crippen LogP contribution in [0, 0.1) is 42.9 Å². The minimum Gasteiger partial charge on any atom is -0.507 e. The van der Waals surface area contributed by atoms with Gasteiger partial charge in [0.15, 0.2) is 11.6 Å². The lowest BCUT2D eigenvalue weighted by Gasteiger charge is -2.54. The number of carbonyl (C=O) groups is 4. The van der Waals surface area contributed by atoms with Gasteiger partial charge in [0.05, 0.1) is 22.9 Å². The maximum Gasteiger partial charge on any atom is 0.238 e. The summed E-state index contributed by atoms with van der Waals surface area (Å²) < 4.78 is 0. The summed E-state index contributed by atoms with van der Waals surface area (Å²) in [5.74, 6) is -2.80. The van der Waals surface area contributed by atoms with Gasteiger partial charge in [0.1, 0.15) is 5.75 Å². The number of Topliss-reactive ketones (excluding diaryl/α,β-unsaturated/α-hetero) is 2. The molecule has 3 aliphatic carbocycles. The quantitative estimate of drug-likeness (QED) is 0.423. The number of aryl methyl sites for hydroxylation is 2. The van der Waals surface area contributed by atoms with Gasteiger partial charge in [0.2, 0.25) is 11.8 Å². The Labute approximate surface area is 228 Å². The van der Waals surface area contributed by atoms with Crippen LogP contribution in [0.5, 0.6) is 5.75 Å². The van der Waals surface area contributed by atoms with Gasteiger partial charge in [0, 0.05) is 11.8 Å². The first-order valence-corrected chi connectivity index (χ1v) is 13.7. The third kappa shape index (κ3) is 3.33. The number of imide groups is 1. The topological polar surface area (TPSA) is 91.8 Å². The summed E-state index contributed by atoms with van der Waals surface area (Å²) in [5.41, 5.74) is 3.72. The molecule has 0 bridgehead atoms. The number of carbonyl (C=O) groups excluding carboxylic acids is 4. The van der Waals surface area contributed by atoms with Crippen molar-refractivity contribution in [3.8, 4) is 5.75 Å². The number of phenolic OH excluding ortho intramolecular Hbond substituents is 1. The number of fused-ring (bicyclic) bond motifs is 4. The summed E-state index contributed by atoms with van der Waals surface area (Å²) in [7, 11) is 0. The fourth-order valence-electron chi connectivity index (χ4n) is 7.95. The minimum atomic E-state index is -1.03. The summed E-state index contributed by atoms with van der Waals surface area (Å²) >= 11 is 0. The summed E-state index contributed by atoms with van der Waals surface area (Å²) in [6.45, 7) is 9.01. The fourth-order valence-corrected chi connectivity index (χ4v) is 7.95. The van der Waals surface area contributed by atoms with Gasteiger partial charge in [-0.2, -0.15) is 0 Å². The number of hydrogen-bond donors (Lipinski definition) is 1. The van der Waals surface area contributed by atoms with E-state index in [1.807, 2.05) is 51.1 Å². The maximum absolute atomic E-state index is 14.1. The third-order valence-corrected chi connectivity index (χ3v) is 10.0. The van der Waals surface area contributed by atoms with Gasteiger partial charge in [-0.15, -0.1) is 0 Å². The number of para-hydroxylation sites is 1. The number of nitrogens with zero attached hydrogens (tertiary/aromatic N) is 1. The fraction of sp³-hybridized carbons (Fsp3) is 0.394. The van der Waals surface area contributed by atoms with Crippen LogP contribution in [0.4, 0.5) is 5.69 Å². The SMILES string of the molecule is CC1=C(C)C(=O)[C@@]2(C)[C@@H](c3cc(C)c(O)c(C)c3)C3=CC[C@@H]4C(=O)N(c5ccccc5)C(=O)[C@@H]4[C@@H]3C[C@H]2C1=O. The van der Waals surface area contributed by atoms with Crippen molar-refractivity contribution in [3.63, 3.8) is 0 Å². The number of rotatable bonds is 2. The molecule has 39 heavy (non-hydrogen) atoms. The number of aromatic hydroxyl groups is 1. The van der Waals surface area contributed by atoms with Crippen molar-refractivity contribution in [1.29, 1.82) is 0 Å². The molecule has 1 aliphatic heterocycles. The highest BCUT2D eigenvalue weighted by Gasteiger charge is 2.64. The molecule has 1 N–H and O–H groups in total. The molecule has 4 aliphatic rings. The third-order valence-electron chi connectivity index (χ3n) is 10.0. The summed E-state index contributed by atoms with van der Waals surface area (Å²) in [5, 5.41) is 10.5. The van der Waals surface area contributed by atoms with Crippen LogP contribution in [0.1, 0.15) is 56.2 Å². The highest BCUT2D eigenvalue weighted by Crippen LogP contribution is 2.63. The van der Waals surface area contributed by atoms with Gasteiger partial charge < -0.3 is 5.11 Å². The second-order valence-electron chi connectivity index (χ2n) is 12.0. The van der Waals surface area contributed by atoms with Crippen molar-refractivity contribution in [2.75, 3.05) is 4.90 Å². The van der Waals surface area contributed by atoms with Crippen LogP contribution in [0.25, 0.3) is 0 Å². The maximum atomic E-state index is 14.1. The number of phenols is 1. The van der Waals surface area contributed by atoms with Gasteiger partial charge in [0.25, 0.3) is 0 Å². The zero-order valence-corrected chi connectivity index (χ0v) is 22.9. The van der Waals surface area contributed by atoms with E-state index in [9.17, 15) is 24.3 Å². The van der Waals surface area contributed by atoms with E-state index in [0.717, 1.165) is 11.1 Å². The van der Waals surface area contributed by atoms with Crippen molar-refractivity contribution in [2.24, 2.45) is 29.1 Å². The number of ketones is 2. The van der Waals surface area contributed by atoms with Crippen molar-refractivity contribution in [1.82, 2.24) is 0 Å². The van der Waals surface area contributed by atoms with Crippen LogP contribution in [0.3, 0.4) is 0 Å². The average Bonchev–Trinajstić information content (AvgIpc) is 3.18. The second-order valence-corrected chi connectivity index (χ2v) is 12.0. The summed E-state index contributed by atoms with van der Waals surface area (Å²) in [6.07, 6.45) is 2.83. The number of hydrogen-bond acceptors (Lipinski definition) is 5. The van der Waals surface area contributed by atoms with Gasteiger partial charge in [-0.25, -0.2) is 0 Å². The monoisotopic (exact) mass is 523 g/mol. The first-order chi connectivity index (χ1) is 18.5. The number of anilines is 1. The van der Waals surface area contributed by atoms with E-state index in [1.165, 1.54) is 4.90 Å². The van der Waals surface area contributed by atoms with E-state index in [2.05, 4.69) is 6.08 Å². The zero-order chi connectivity index (χ0) is 28.0. The van der Waals surface area contributed by atoms with Crippen LogP contribution in [0.15, 0.2) is 65.3 Å². The standard InChI is InChI=1S/C33H33NO5/c1-16-13-20(14-17(2)28(16)35)27-22-11-12-23-26(32(39)34(31(23)38)21-9-7-6-8-10-21)24(22)15-25-29(36)18(3)19(4)30(37)33(25,27)5/h6-11,13-14,23-27,35H,12,15H2,1-5H3/t23-,24+,25-,26-,27-,33+/m0/s1. The molecule has 2 amide bonds. The van der Waals surface area contributed by atoms with Gasteiger partial charge in [-0.05, 0) is 86.4 Å². The average molecular weight is 524 g/mol. The van der Waals surface area contributed by atoms with E-state index in [0.29, 0.717) is 40.8 Å². The van der Waals surface area contributed by atoms with E-state index in [-0.39, 0.29) is 35.0 Å². The Morgan fingerprint density at radius 2 is 1.51 bits per heavy atom. The molecule has 0 unspecified atom stereocenters. The molecule has 1 saturated heterocycles. The Kier molecular flexibility index (Phi) is 5.62. The van der Waals surface area contributed by atoms with E-state index in [4.69, 9.17) is 0 Å². The first kappa shape index (κ1) is 25.5. The van der Waals surface area contributed by atoms with Crippen LogP contribution in [0.2, 0.25) is 0 Å². The molecular formula is C33H33NO5. The predicted octanol–water partition coefficient (Wildman–Crippen LogP) is 5.36. The lowest BCUT2D eigenvalue weighted by Crippen LogP contribution is -2.55. The Morgan fingerprint density at radius 1 is 0.872 bits per heavy atom. The Hall–Kier alpha value is -3.80. The summed E-state index contributed by atoms with van der Waals surface area (Å²) in [6, 6.07) is 12.8. The van der Waals surface area contributed by atoms with Crippen LogP contribution in [-0.2, 0) is 19.2 Å². The number of amides is 2. The molecule has 1 heterocycles. The molecule has 200 valence electrons. The molecule has 1 saturated carbocycles. The highest BCUT2D eigenvalue weighted by molar-refractivity contribution is 6.22. The molecule has 6 nitrogen and oxygen atoms in total. The Balaban J connectivity index is 1.54. The second kappa shape index (κ2) is 8.60. The first-order valence-electron chi connectivity index (χ1n) is 13.7. The molecule has 2 aromatic rings. The minimum absolute atomic E-state index is 0.0424. The Bertz CT molecular complexity index is 1510. The van der Waals surface area contributed by atoms with Gasteiger partial charge in [-0.1, -0.05) is 48.9 Å². The largest absolute Gasteiger partial charge is 0.507 e. The molecule has 6 atom stereocenters. The number of allylic oxidation sites excluding steroid dienone is 4. The van der Waals surface area contributed by atoms with Gasteiger partial charge >= 0.3 is 0 Å². The zero-order valence-electron chi connectivity index (χ0n) is 22.9. The predicted molar refractivity (Wildman–Crippen MR) is 147 cm³/mol.